The summed E-state index contributed by atoms with van der Waals surface area (Å²) in [7, 11) is 2.98. The maximum Gasteiger partial charge on any atom is 0.337 e. The molecule has 1 aliphatic rings. The number of rotatable bonds is 3. The normalized spacial score (nSPS) is 13.5. The minimum atomic E-state index is -0.381. The van der Waals surface area contributed by atoms with Crippen LogP contribution in [0, 0.1) is 6.92 Å². The van der Waals surface area contributed by atoms with Crippen molar-refractivity contribution in [1.29, 1.82) is 0 Å². The quantitative estimate of drug-likeness (QED) is 0.504. The Labute approximate surface area is 178 Å². The van der Waals surface area contributed by atoms with Crippen LogP contribution in [0.3, 0.4) is 0 Å². The fraction of sp³-hybridized carbons (Fsp3) is 0.250. The number of aromatic nitrogens is 1. The van der Waals surface area contributed by atoms with Crippen molar-refractivity contribution in [3.63, 3.8) is 0 Å². The number of carbonyl (C=O) groups excluding carboxylic acids is 2. The number of carbonyl (C=O) groups is 2. The third-order valence-electron chi connectivity index (χ3n) is 6.02. The average molecular weight is 418 g/mol. The summed E-state index contributed by atoms with van der Waals surface area (Å²) >= 11 is 0. The van der Waals surface area contributed by atoms with E-state index in [1.807, 2.05) is 37.3 Å². The molecule has 1 N–H and O–H groups in total. The first kappa shape index (κ1) is 19.2. The molecule has 0 aliphatic carbocycles. The van der Waals surface area contributed by atoms with E-state index in [4.69, 9.17) is 13.9 Å². The zero-order valence-electron chi connectivity index (χ0n) is 17.6. The Kier molecular flexibility index (Phi) is 4.46. The predicted octanol–water partition coefficient (Wildman–Crippen LogP) is 4.22. The summed E-state index contributed by atoms with van der Waals surface area (Å²) in [5, 5.41) is 1.80. The van der Waals surface area contributed by atoms with Gasteiger partial charge in [0, 0.05) is 52.6 Å². The van der Waals surface area contributed by atoms with Crippen LogP contribution in [0.2, 0.25) is 0 Å². The molecule has 0 bridgehead atoms. The highest BCUT2D eigenvalue weighted by molar-refractivity contribution is 6.00. The van der Waals surface area contributed by atoms with E-state index in [9.17, 15) is 9.59 Å². The second-order valence-corrected chi connectivity index (χ2v) is 7.73. The molecule has 7 nitrogen and oxygen atoms in total. The topological polar surface area (TPSA) is 84.8 Å². The molecular formula is C24H22N2O5. The van der Waals surface area contributed by atoms with Crippen LogP contribution in [0.15, 0.2) is 40.8 Å². The lowest BCUT2D eigenvalue weighted by molar-refractivity contribution is 0.0600. The number of fused-ring (bicyclic) bond motifs is 4. The number of aryl methyl sites for hydroxylation is 1. The summed E-state index contributed by atoms with van der Waals surface area (Å²) in [5.41, 5.74) is 5.01. The summed E-state index contributed by atoms with van der Waals surface area (Å²) in [6, 6.07) is 11.0. The van der Waals surface area contributed by atoms with Crippen LogP contribution in [-0.4, -0.2) is 42.5 Å². The number of benzene rings is 2. The molecule has 7 heteroatoms. The Morgan fingerprint density at radius 1 is 1.10 bits per heavy atom. The van der Waals surface area contributed by atoms with Crippen molar-refractivity contribution in [1.82, 2.24) is 9.88 Å². The molecule has 1 aliphatic heterocycles. The first-order chi connectivity index (χ1) is 15.0. The number of hydrogen-bond donors (Lipinski definition) is 1. The van der Waals surface area contributed by atoms with E-state index in [0.717, 1.165) is 38.9 Å². The lowest BCUT2D eigenvalue weighted by Gasteiger charge is -2.26. The first-order valence-electron chi connectivity index (χ1n) is 10.1. The molecule has 158 valence electrons. The van der Waals surface area contributed by atoms with E-state index in [1.165, 1.54) is 7.11 Å². The lowest BCUT2D eigenvalue weighted by atomic mass is 10.0. The fourth-order valence-electron chi connectivity index (χ4n) is 4.31. The van der Waals surface area contributed by atoms with E-state index >= 15 is 0 Å². The predicted molar refractivity (Wildman–Crippen MR) is 116 cm³/mol. The van der Waals surface area contributed by atoms with Crippen molar-refractivity contribution in [3.8, 4) is 5.75 Å². The minimum Gasteiger partial charge on any atom is -0.497 e. The van der Waals surface area contributed by atoms with Crippen molar-refractivity contribution in [2.45, 2.75) is 19.9 Å². The van der Waals surface area contributed by atoms with Crippen molar-refractivity contribution >= 4 is 33.7 Å². The van der Waals surface area contributed by atoms with E-state index in [2.05, 4.69) is 4.98 Å². The molecule has 3 heterocycles. The monoisotopic (exact) mass is 418 g/mol. The SMILES string of the molecule is COC(=O)c1ccc2[nH]c3c(c2c1)CN(C(=O)c1oc2ccc(OC)cc2c1C)CC3. The molecule has 0 fully saturated rings. The van der Waals surface area contributed by atoms with Crippen LogP contribution in [0.4, 0.5) is 0 Å². The number of furan rings is 1. The molecule has 0 atom stereocenters. The number of aromatic amines is 1. The smallest absolute Gasteiger partial charge is 0.337 e. The van der Waals surface area contributed by atoms with Gasteiger partial charge in [0.1, 0.15) is 11.3 Å². The highest BCUT2D eigenvalue weighted by Gasteiger charge is 2.28. The number of nitrogens with zero attached hydrogens (tertiary/aromatic N) is 1. The van der Waals surface area contributed by atoms with Gasteiger partial charge < -0.3 is 23.8 Å². The number of ether oxygens (including phenoxy) is 2. The number of H-pyrrole nitrogens is 1. The number of amides is 1. The van der Waals surface area contributed by atoms with E-state index in [-0.39, 0.29) is 11.9 Å². The molecule has 5 rings (SSSR count). The van der Waals surface area contributed by atoms with Gasteiger partial charge in [-0.2, -0.15) is 0 Å². The van der Waals surface area contributed by atoms with E-state index in [1.54, 1.807) is 18.1 Å². The number of hydrogen-bond acceptors (Lipinski definition) is 5. The summed E-state index contributed by atoms with van der Waals surface area (Å²) in [4.78, 5) is 30.5. The Morgan fingerprint density at radius 2 is 1.94 bits per heavy atom. The van der Waals surface area contributed by atoms with Crippen molar-refractivity contribution < 1.29 is 23.5 Å². The van der Waals surface area contributed by atoms with Crippen LogP contribution < -0.4 is 4.74 Å². The molecule has 0 saturated heterocycles. The maximum atomic E-state index is 13.4. The van der Waals surface area contributed by atoms with Gasteiger partial charge in [0.05, 0.1) is 19.8 Å². The Morgan fingerprint density at radius 3 is 2.71 bits per heavy atom. The molecule has 4 aromatic rings. The molecule has 0 radical (unpaired) electrons. The zero-order chi connectivity index (χ0) is 21.7. The number of esters is 1. The summed E-state index contributed by atoms with van der Waals surface area (Å²) in [6.45, 7) is 2.92. The average Bonchev–Trinajstić information content (AvgIpc) is 3.34. The number of methoxy groups -OCH3 is 2. The molecule has 0 unspecified atom stereocenters. The summed E-state index contributed by atoms with van der Waals surface area (Å²) in [5.74, 6) is 0.547. The van der Waals surface area contributed by atoms with Gasteiger partial charge in [-0.1, -0.05) is 0 Å². The molecule has 2 aromatic heterocycles. The third-order valence-corrected chi connectivity index (χ3v) is 6.02. The van der Waals surface area contributed by atoms with Gasteiger partial charge in [-0.3, -0.25) is 4.79 Å². The molecular weight excluding hydrogens is 396 g/mol. The van der Waals surface area contributed by atoms with Crippen LogP contribution >= 0.6 is 0 Å². The van der Waals surface area contributed by atoms with E-state index < -0.39 is 0 Å². The van der Waals surface area contributed by atoms with Crippen LogP contribution in [0.25, 0.3) is 21.9 Å². The number of nitrogens with one attached hydrogen (secondary N) is 1. The molecule has 0 saturated carbocycles. The van der Waals surface area contributed by atoms with Crippen LogP contribution in [0.5, 0.6) is 5.75 Å². The summed E-state index contributed by atoms with van der Waals surface area (Å²) in [6.07, 6.45) is 0.705. The molecule has 0 spiro atoms. The fourth-order valence-corrected chi connectivity index (χ4v) is 4.31. The second-order valence-electron chi connectivity index (χ2n) is 7.73. The Balaban J connectivity index is 1.50. The largest absolute Gasteiger partial charge is 0.497 e. The molecule has 31 heavy (non-hydrogen) atoms. The standard InChI is InChI=1S/C24H22N2O5/c1-13-16-11-15(29-2)5-7-21(16)31-22(13)23(27)26-9-8-20-18(12-26)17-10-14(24(28)30-3)4-6-19(17)25-20/h4-7,10-11,25H,8-9,12H2,1-3H3. The van der Waals surface area contributed by atoms with Crippen molar-refractivity contribution in [2.24, 2.45) is 0 Å². The maximum absolute atomic E-state index is 13.4. The van der Waals surface area contributed by atoms with Crippen LogP contribution in [-0.2, 0) is 17.7 Å². The lowest BCUT2D eigenvalue weighted by Crippen LogP contribution is -2.35. The van der Waals surface area contributed by atoms with Gasteiger partial charge in [0.25, 0.3) is 5.91 Å². The summed E-state index contributed by atoms with van der Waals surface area (Å²) < 4.78 is 16.1. The van der Waals surface area contributed by atoms with Crippen LogP contribution in [0.1, 0.15) is 37.7 Å². The minimum absolute atomic E-state index is 0.142. The Bertz CT molecular complexity index is 1350. The van der Waals surface area contributed by atoms with Crippen molar-refractivity contribution in [2.75, 3.05) is 20.8 Å². The third kappa shape index (κ3) is 3.04. The second kappa shape index (κ2) is 7.19. The van der Waals surface area contributed by atoms with Gasteiger partial charge in [-0.25, -0.2) is 4.79 Å². The van der Waals surface area contributed by atoms with Gasteiger partial charge in [-0.05, 0) is 43.3 Å². The molecule has 1 amide bonds. The van der Waals surface area contributed by atoms with Gasteiger partial charge in [-0.15, -0.1) is 0 Å². The van der Waals surface area contributed by atoms with Crippen molar-refractivity contribution in [3.05, 3.63) is 64.5 Å². The van der Waals surface area contributed by atoms with E-state index in [0.29, 0.717) is 36.4 Å². The Hall–Kier alpha value is -3.74. The van der Waals surface area contributed by atoms with Gasteiger partial charge in [0.2, 0.25) is 0 Å². The molecule has 2 aromatic carbocycles. The highest BCUT2D eigenvalue weighted by atomic mass is 16.5. The van der Waals surface area contributed by atoms with Gasteiger partial charge in [0.15, 0.2) is 5.76 Å². The zero-order valence-corrected chi connectivity index (χ0v) is 17.6. The van der Waals surface area contributed by atoms with Gasteiger partial charge >= 0.3 is 5.97 Å². The highest BCUT2D eigenvalue weighted by Crippen LogP contribution is 2.32. The first-order valence-corrected chi connectivity index (χ1v) is 10.1.